The van der Waals surface area contributed by atoms with Crippen molar-refractivity contribution in [1.29, 1.82) is 0 Å². The molecule has 10 heteroatoms. The van der Waals surface area contributed by atoms with E-state index in [1.165, 1.54) is 0 Å². The van der Waals surface area contributed by atoms with Crippen LogP contribution in [0.25, 0.3) is 0 Å². The molecule has 2 rings (SSSR count). The van der Waals surface area contributed by atoms with E-state index < -0.39 is 17.4 Å². The molecule has 0 spiro atoms. The number of thioether (sulfide) groups is 1. The number of H-pyrrole nitrogens is 1. The SMILES string of the molecule is CCOC(=O)c1cnc(SCC(=O)NNC(=O)Cc2ccccc2)[nH]c1=O. The quantitative estimate of drug-likeness (QED) is 0.270. The van der Waals surface area contributed by atoms with Crippen LogP contribution in [0.1, 0.15) is 22.8 Å². The molecule has 0 radical (unpaired) electrons. The molecule has 0 atom stereocenters. The fourth-order valence-electron chi connectivity index (χ4n) is 1.94. The Bertz CT molecular complexity index is 869. The van der Waals surface area contributed by atoms with Crippen LogP contribution in [0.4, 0.5) is 0 Å². The molecule has 0 unspecified atom stereocenters. The molecule has 2 amide bonds. The number of carbonyl (C=O) groups excluding carboxylic acids is 3. The zero-order valence-electron chi connectivity index (χ0n) is 14.5. The van der Waals surface area contributed by atoms with Crippen LogP contribution >= 0.6 is 11.8 Å². The highest BCUT2D eigenvalue weighted by molar-refractivity contribution is 7.99. The van der Waals surface area contributed by atoms with E-state index >= 15 is 0 Å². The molecule has 1 aromatic heterocycles. The van der Waals surface area contributed by atoms with Crippen LogP contribution in [0.15, 0.2) is 46.5 Å². The number of nitrogens with one attached hydrogen (secondary N) is 3. The molecule has 3 N–H and O–H groups in total. The number of hydrazine groups is 1. The molecule has 0 aliphatic heterocycles. The van der Waals surface area contributed by atoms with Crippen molar-refractivity contribution in [2.24, 2.45) is 0 Å². The second kappa shape index (κ2) is 10.1. The van der Waals surface area contributed by atoms with Gasteiger partial charge >= 0.3 is 5.97 Å². The molecule has 1 heterocycles. The fourth-order valence-corrected chi connectivity index (χ4v) is 2.57. The molecule has 1 aromatic carbocycles. The summed E-state index contributed by atoms with van der Waals surface area (Å²) in [7, 11) is 0. The molecule has 0 fully saturated rings. The third-order valence-corrected chi connectivity index (χ3v) is 4.05. The van der Waals surface area contributed by atoms with Crippen molar-refractivity contribution in [1.82, 2.24) is 20.8 Å². The van der Waals surface area contributed by atoms with Crippen molar-refractivity contribution in [3.63, 3.8) is 0 Å². The summed E-state index contributed by atoms with van der Waals surface area (Å²) in [5, 5.41) is 0.166. The minimum absolute atomic E-state index is 0.0900. The van der Waals surface area contributed by atoms with Gasteiger partial charge in [0.25, 0.3) is 5.56 Å². The van der Waals surface area contributed by atoms with E-state index in [1.807, 2.05) is 18.2 Å². The number of aromatic nitrogens is 2. The van der Waals surface area contributed by atoms with Gasteiger partial charge in [0.05, 0.1) is 18.8 Å². The first-order valence-corrected chi connectivity index (χ1v) is 8.99. The van der Waals surface area contributed by atoms with E-state index in [4.69, 9.17) is 4.74 Å². The summed E-state index contributed by atoms with van der Waals surface area (Å²) in [5.74, 6) is -1.68. The molecule has 2 aromatic rings. The maximum atomic E-state index is 11.8. The molecular formula is C17H18N4O5S. The summed E-state index contributed by atoms with van der Waals surface area (Å²) in [6.45, 7) is 1.77. The maximum absolute atomic E-state index is 11.8. The highest BCUT2D eigenvalue weighted by Gasteiger charge is 2.13. The van der Waals surface area contributed by atoms with Crippen LogP contribution in [0.2, 0.25) is 0 Å². The minimum atomic E-state index is -0.762. The number of hydrogen-bond acceptors (Lipinski definition) is 7. The monoisotopic (exact) mass is 390 g/mol. The number of aromatic amines is 1. The number of ether oxygens (including phenoxy) is 1. The molecule has 9 nitrogen and oxygen atoms in total. The molecule has 0 saturated carbocycles. The number of hydrogen-bond donors (Lipinski definition) is 3. The smallest absolute Gasteiger partial charge is 0.345 e. The Balaban J connectivity index is 1.78. The Morgan fingerprint density at radius 3 is 2.52 bits per heavy atom. The first-order valence-electron chi connectivity index (χ1n) is 8.00. The van der Waals surface area contributed by atoms with E-state index in [0.717, 1.165) is 23.5 Å². The summed E-state index contributed by atoms with van der Waals surface area (Å²) in [5.41, 5.74) is 4.55. The van der Waals surface area contributed by atoms with Crippen LogP contribution in [0, 0.1) is 0 Å². The normalized spacial score (nSPS) is 10.1. The third-order valence-electron chi connectivity index (χ3n) is 3.16. The van der Waals surface area contributed by atoms with E-state index in [0.29, 0.717) is 0 Å². The van der Waals surface area contributed by atoms with Crippen molar-refractivity contribution >= 4 is 29.5 Å². The molecule has 142 valence electrons. The second-order valence-corrected chi connectivity index (χ2v) is 6.16. The molecule has 0 aliphatic carbocycles. The molecule has 0 bridgehead atoms. The van der Waals surface area contributed by atoms with Gasteiger partial charge in [0.1, 0.15) is 5.56 Å². The Labute approximate surface area is 158 Å². The van der Waals surface area contributed by atoms with Crippen molar-refractivity contribution in [2.45, 2.75) is 18.5 Å². The van der Waals surface area contributed by atoms with Gasteiger partial charge in [-0.25, -0.2) is 9.78 Å². The van der Waals surface area contributed by atoms with Crippen LogP contribution in [-0.2, 0) is 20.7 Å². The third kappa shape index (κ3) is 6.59. The van der Waals surface area contributed by atoms with Gasteiger partial charge in [-0.15, -0.1) is 0 Å². The largest absolute Gasteiger partial charge is 0.462 e. The molecule has 27 heavy (non-hydrogen) atoms. The lowest BCUT2D eigenvalue weighted by molar-refractivity contribution is -0.127. The van der Waals surface area contributed by atoms with Crippen molar-refractivity contribution in [2.75, 3.05) is 12.4 Å². The Morgan fingerprint density at radius 2 is 1.85 bits per heavy atom. The maximum Gasteiger partial charge on any atom is 0.345 e. The van der Waals surface area contributed by atoms with Gasteiger partial charge in [-0.05, 0) is 12.5 Å². The predicted molar refractivity (Wildman–Crippen MR) is 98.0 cm³/mol. The van der Waals surface area contributed by atoms with Gasteiger partial charge in [-0.3, -0.25) is 25.2 Å². The zero-order chi connectivity index (χ0) is 19.6. The van der Waals surface area contributed by atoms with Gasteiger partial charge in [0.15, 0.2) is 5.16 Å². The fraction of sp³-hybridized carbons (Fsp3) is 0.235. The zero-order valence-corrected chi connectivity index (χ0v) is 15.3. The van der Waals surface area contributed by atoms with Crippen molar-refractivity contribution in [3.05, 3.63) is 58.0 Å². The lowest BCUT2D eigenvalue weighted by Crippen LogP contribution is -2.43. The Kier molecular flexibility index (Phi) is 7.56. The van der Waals surface area contributed by atoms with Crippen LogP contribution in [0.5, 0.6) is 0 Å². The molecule has 0 aliphatic rings. The van der Waals surface area contributed by atoms with E-state index in [9.17, 15) is 19.2 Å². The first-order chi connectivity index (χ1) is 13.0. The number of amides is 2. The first kappa shape index (κ1) is 20.2. The number of benzene rings is 1. The summed E-state index contributed by atoms with van der Waals surface area (Å²) in [4.78, 5) is 53.2. The van der Waals surface area contributed by atoms with Crippen molar-refractivity contribution < 1.29 is 19.1 Å². The summed E-state index contributed by atoms with van der Waals surface area (Å²) < 4.78 is 4.73. The highest BCUT2D eigenvalue weighted by atomic mass is 32.2. The lowest BCUT2D eigenvalue weighted by atomic mass is 10.1. The number of nitrogens with zero attached hydrogens (tertiary/aromatic N) is 1. The minimum Gasteiger partial charge on any atom is -0.462 e. The summed E-state index contributed by atoms with van der Waals surface area (Å²) in [6.07, 6.45) is 1.23. The second-order valence-electron chi connectivity index (χ2n) is 5.20. The predicted octanol–water partition coefficient (Wildman–Crippen LogP) is 0.429. The summed E-state index contributed by atoms with van der Waals surface area (Å²) >= 11 is 0.950. The molecule has 0 saturated heterocycles. The average molecular weight is 390 g/mol. The van der Waals surface area contributed by atoms with Crippen molar-refractivity contribution in [3.8, 4) is 0 Å². The van der Waals surface area contributed by atoms with E-state index in [1.54, 1.807) is 19.1 Å². The molecular weight excluding hydrogens is 372 g/mol. The standard InChI is InChI=1S/C17H18N4O5S/c1-2-26-16(25)12-9-18-17(19-15(12)24)27-10-14(23)21-20-13(22)8-11-6-4-3-5-7-11/h3-7,9H,2,8,10H2,1H3,(H,20,22)(H,21,23)(H,18,19,24). The van der Waals surface area contributed by atoms with E-state index in [2.05, 4.69) is 20.8 Å². The Morgan fingerprint density at radius 1 is 1.15 bits per heavy atom. The number of rotatable bonds is 7. The highest BCUT2D eigenvalue weighted by Crippen LogP contribution is 2.10. The van der Waals surface area contributed by atoms with Gasteiger partial charge < -0.3 is 9.72 Å². The van der Waals surface area contributed by atoms with Gasteiger partial charge in [0, 0.05) is 6.20 Å². The number of carbonyl (C=O) groups is 3. The van der Waals surface area contributed by atoms with E-state index in [-0.39, 0.29) is 35.4 Å². The van der Waals surface area contributed by atoms with Gasteiger partial charge in [0.2, 0.25) is 11.8 Å². The van der Waals surface area contributed by atoms with Gasteiger partial charge in [-0.2, -0.15) is 0 Å². The van der Waals surface area contributed by atoms with Crippen LogP contribution < -0.4 is 16.4 Å². The Hall–Kier alpha value is -3.14. The van der Waals surface area contributed by atoms with Crippen LogP contribution in [0.3, 0.4) is 0 Å². The number of esters is 1. The topological polar surface area (TPSA) is 130 Å². The average Bonchev–Trinajstić information content (AvgIpc) is 2.65. The lowest BCUT2D eigenvalue weighted by Gasteiger charge is -2.07. The van der Waals surface area contributed by atoms with Gasteiger partial charge in [-0.1, -0.05) is 42.1 Å². The summed E-state index contributed by atoms with van der Waals surface area (Å²) in [6, 6.07) is 9.09. The van der Waals surface area contributed by atoms with Crippen LogP contribution in [-0.4, -0.2) is 40.1 Å².